The normalized spacial score (nSPS) is 11.3. The first kappa shape index (κ1) is 15.7. The molecule has 0 radical (unpaired) electrons. The molecule has 0 atom stereocenters. The summed E-state index contributed by atoms with van der Waals surface area (Å²) >= 11 is 0. The lowest BCUT2D eigenvalue weighted by atomic mass is 10.2. The van der Waals surface area contributed by atoms with Crippen LogP contribution in [0.3, 0.4) is 0 Å². The van der Waals surface area contributed by atoms with Crippen molar-refractivity contribution in [2.75, 3.05) is 14.2 Å². The van der Waals surface area contributed by atoms with Gasteiger partial charge in [-0.05, 0) is 0 Å². The van der Waals surface area contributed by atoms with Gasteiger partial charge < -0.3 is 14.5 Å². The summed E-state index contributed by atoms with van der Waals surface area (Å²) in [6.07, 6.45) is -4.82. The van der Waals surface area contributed by atoms with Gasteiger partial charge in [0.1, 0.15) is 17.2 Å². The Labute approximate surface area is 121 Å². The zero-order valence-corrected chi connectivity index (χ0v) is 11.5. The molecule has 0 aliphatic rings. The van der Waals surface area contributed by atoms with Gasteiger partial charge in [0.05, 0.1) is 19.9 Å². The van der Waals surface area contributed by atoms with Crippen LogP contribution in [0.1, 0.15) is 5.69 Å². The molecule has 9 heteroatoms. The fourth-order valence-electron chi connectivity index (χ4n) is 1.81. The highest BCUT2D eigenvalue weighted by Crippen LogP contribution is 2.26. The van der Waals surface area contributed by atoms with E-state index in [1.807, 2.05) is 0 Å². The predicted molar refractivity (Wildman–Crippen MR) is 70.8 cm³/mol. The van der Waals surface area contributed by atoms with Gasteiger partial charge in [-0.3, -0.25) is 4.79 Å². The van der Waals surface area contributed by atoms with E-state index in [0.717, 1.165) is 0 Å². The van der Waals surface area contributed by atoms with Crippen LogP contribution in [-0.4, -0.2) is 23.8 Å². The van der Waals surface area contributed by atoms with Crippen LogP contribution < -0.4 is 20.7 Å². The summed E-state index contributed by atoms with van der Waals surface area (Å²) in [5.41, 5.74) is -3.72. The molecule has 0 saturated heterocycles. The molecular weight excluding hydrogens is 305 g/mol. The van der Waals surface area contributed by atoms with Gasteiger partial charge in [0.15, 0.2) is 0 Å². The van der Waals surface area contributed by atoms with E-state index in [4.69, 9.17) is 9.47 Å². The summed E-state index contributed by atoms with van der Waals surface area (Å²) in [4.78, 5) is 25.3. The monoisotopic (exact) mass is 316 g/mol. The largest absolute Gasteiger partial charge is 0.497 e. The Morgan fingerprint density at radius 3 is 1.95 bits per heavy atom. The third-order valence-corrected chi connectivity index (χ3v) is 2.83. The Morgan fingerprint density at radius 1 is 1.00 bits per heavy atom. The number of nitrogens with one attached hydrogen (secondary N) is 1. The molecule has 2 rings (SSSR count). The van der Waals surface area contributed by atoms with Gasteiger partial charge >= 0.3 is 11.9 Å². The molecule has 118 valence electrons. The fraction of sp³-hybridized carbons (Fsp3) is 0.231. The molecule has 0 aliphatic carbocycles. The zero-order chi connectivity index (χ0) is 16.5. The number of hydrogen-bond donors (Lipinski definition) is 1. The van der Waals surface area contributed by atoms with Crippen LogP contribution in [0.15, 0.2) is 33.9 Å². The summed E-state index contributed by atoms with van der Waals surface area (Å²) in [5.74, 6) is 0.557. The molecule has 1 heterocycles. The third-order valence-electron chi connectivity index (χ3n) is 2.83. The maximum absolute atomic E-state index is 12.6. The van der Waals surface area contributed by atoms with E-state index in [2.05, 4.69) is 0 Å². The molecule has 1 aromatic heterocycles. The molecular formula is C13H11F3N2O4. The fourth-order valence-corrected chi connectivity index (χ4v) is 1.81. The van der Waals surface area contributed by atoms with E-state index in [1.165, 1.54) is 32.4 Å². The van der Waals surface area contributed by atoms with E-state index in [-0.39, 0.29) is 17.2 Å². The van der Waals surface area contributed by atoms with Crippen molar-refractivity contribution < 1.29 is 22.6 Å². The number of alkyl halides is 3. The molecule has 1 aromatic carbocycles. The van der Waals surface area contributed by atoms with Crippen molar-refractivity contribution in [3.8, 4) is 17.2 Å². The minimum atomic E-state index is -4.82. The topological polar surface area (TPSA) is 73.3 Å². The van der Waals surface area contributed by atoms with Crippen LogP contribution in [0.4, 0.5) is 13.2 Å². The summed E-state index contributed by atoms with van der Waals surface area (Å²) in [7, 11) is 2.72. The molecule has 1 N–H and O–H groups in total. The lowest BCUT2D eigenvalue weighted by Crippen LogP contribution is -2.35. The molecule has 22 heavy (non-hydrogen) atoms. The number of halogens is 3. The highest BCUT2D eigenvalue weighted by Gasteiger charge is 2.33. The Morgan fingerprint density at radius 2 is 1.55 bits per heavy atom. The van der Waals surface area contributed by atoms with Crippen LogP contribution in [0.25, 0.3) is 5.69 Å². The molecule has 2 aromatic rings. The molecule has 0 unspecified atom stereocenters. The molecule has 0 bridgehead atoms. The first-order chi connectivity index (χ1) is 10.3. The second-order valence-electron chi connectivity index (χ2n) is 4.23. The van der Waals surface area contributed by atoms with Gasteiger partial charge in [0.25, 0.3) is 5.56 Å². The van der Waals surface area contributed by atoms with E-state index in [1.54, 1.807) is 4.98 Å². The van der Waals surface area contributed by atoms with Gasteiger partial charge in [-0.25, -0.2) is 9.36 Å². The molecule has 0 fully saturated rings. The number of H-pyrrole nitrogens is 1. The van der Waals surface area contributed by atoms with Crippen molar-refractivity contribution in [2.45, 2.75) is 6.18 Å². The second kappa shape index (κ2) is 5.58. The van der Waals surface area contributed by atoms with Gasteiger partial charge in [0, 0.05) is 24.3 Å². The van der Waals surface area contributed by atoms with Crippen LogP contribution in [0.2, 0.25) is 0 Å². The van der Waals surface area contributed by atoms with E-state index in [0.29, 0.717) is 10.6 Å². The number of ether oxygens (including phenoxy) is 2. The van der Waals surface area contributed by atoms with E-state index in [9.17, 15) is 22.8 Å². The smallest absolute Gasteiger partial charge is 0.431 e. The lowest BCUT2D eigenvalue weighted by molar-refractivity contribution is -0.141. The quantitative estimate of drug-likeness (QED) is 0.933. The maximum Gasteiger partial charge on any atom is 0.431 e. The Hall–Kier alpha value is -2.71. The Balaban J connectivity index is 2.69. The molecule has 0 amide bonds. The Kier molecular flexibility index (Phi) is 3.98. The number of aromatic amines is 1. The summed E-state index contributed by atoms with van der Waals surface area (Å²) < 4.78 is 48.2. The molecule has 0 aliphatic heterocycles. The van der Waals surface area contributed by atoms with Gasteiger partial charge in [-0.15, -0.1) is 0 Å². The minimum absolute atomic E-state index is 0.0242. The van der Waals surface area contributed by atoms with Crippen LogP contribution >= 0.6 is 0 Å². The van der Waals surface area contributed by atoms with Gasteiger partial charge in [-0.1, -0.05) is 0 Å². The van der Waals surface area contributed by atoms with E-state index >= 15 is 0 Å². The van der Waals surface area contributed by atoms with Crippen molar-refractivity contribution in [1.29, 1.82) is 0 Å². The van der Waals surface area contributed by atoms with Crippen molar-refractivity contribution in [3.63, 3.8) is 0 Å². The van der Waals surface area contributed by atoms with Crippen LogP contribution in [0.5, 0.6) is 11.5 Å². The predicted octanol–water partition coefficient (Wildman–Crippen LogP) is 1.56. The SMILES string of the molecule is COc1cc(OC)cc(-n2c(=O)cc(C(F)(F)F)[nH]c2=O)c1. The van der Waals surface area contributed by atoms with Crippen molar-refractivity contribution in [3.05, 3.63) is 50.8 Å². The zero-order valence-electron chi connectivity index (χ0n) is 11.5. The lowest BCUT2D eigenvalue weighted by Gasteiger charge is -2.11. The number of nitrogens with zero attached hydrogens (tertiary/aromatic N) is 1. The van der Waals surface area contributed by atoms with Crippen LogP contribution in [-0.2, 0) is 6.18 Å². The average molecular weight is 316 g/mol. The number of hydrogen-bond acceptors (Lipinski definition) is 4. The number of aromatic nitrogens is 2. The molecule has 0 saturated carbocycles. The molecule has 6 nitrogen and oxygen atoms in total. The van der Waals surface area contributed by atoms with Gasteiger partial charge in [-0.2, -0.15) is 13.2 Å². The average Bonchev–Trinajstić information content (AvgIpc) is 2.45. The first-order valence-corrected chi connectivity index (χ1v) is 5.93. The maximum atomic E-state index is 12.6. The summed E-state index contributed by atoms with van der Waals surface area (Å²) in [6.45, 7) is 0. The Bertz CT molecular complexity index is 755. The van der Waals surface area contributed by atoms with Crippen molar-refractivity contribution in [2.24, 2.45) is 0 Å². The van der Waals surface area contributed by atoms with Crippen LogP contribution in [0, 0.1) is 0 Å². The first-order valence-electron chi connectivity index (χ1n) is 5.93. The summed E-state index contributed by atoms with van der Waals surface area (Å²) in [6, 6.07) is 4.46. The minimum Gasteiger partial charge on any atom is -0.497 e. The molecule has 0 spiro atoms. The second-order valence-corrected chi connectivity index (χ2v) is 4.23. The third kappa shape index (κ3) is 2.97. The van der Waals surface area contributed by atoms with Crippen molar-refractivity contribution in [1.82, 2.24) is 9.55 Å². The summed E-state index contributed by atoms with van der Waals surface area (Å²) in [5, 5.41) is 0. The standard InChI is InChI=1S/C13H11F3N2O4/c1-21-8-3-7(4-9(5-8)22-2)18-11(19)6-10(13(14,15)16)17-12(18)20/h3-6H,1-2H3,(H,17,20). The van der Waals surface area contributed by atoms with E-state index < -0.39 is 23.1 Å². The van der Waals surface area contributed by atoms with Crippen molar-refractivity contribution >= 4 is 0 Å². The highest BCUT2D eigenvalue weighted by atomic mass is 19.4. The number of rotatable bonds is 3. The van der Waals surface area contributed by atoms with Gasteiger partial charge in [0.2, 0.25) is 0 Å². The number of methoxy groups -OCH3 is 2. The highest BCUT2D eigenvalue weighted by molar-refractivity contribution is 5.46. The number of benzene rings is 1.